The van der Waals surface area contributed by atoms with Crippen molar-refractivity contribution in [1.29, 1.82) is 0 Å². The molecule has 0 radical (unpaired) electrons. The van der Waals surface area contributed by atoms with Gasteiger partial charge >= 0.3 is 0 Å². The fourth-order valence-electron chi connectivity index (χ4n) is 2.14. The fraction of sp³-hybridized carbons (Fsp3) is 0.333. The van der Waals surface area contributed by atoms with Crippen LogP contribution in [0.3, 0.4) is 0 Å². The topological polar surface area (TPSA) is 70.8 Å². The quantitative estimate of drug-likeness (QED) is 0.919. The highest BCUT2D eigenvalue weighted by molar-refractivity contribution is 7.89. The first-order valence-corrected chi connectivity index (χ1v) is 8.01. The van der Waals surface area contributed by atoms with E-state index in [2.05, 4.69) is 0 Å². The molecule has 1 N–H and O–H groups in total. The summed E-state index contributed by atoms with van der Waals surface area (Å²) in [7, 11) is -2.11. The Balaban J connectivity index is 2.30. The van der Waals surface area contributed by atoms with Crippen LogP contribution in [0.5, 0.6) is 0 Å². The third-order valence-electron chi connectivity index (χ3n) is 3.42. The minimum atomic E-state index is -3.65. The molecular formula is C15H19NO4S. The Morgan fingerprint density at radius 3 is 2.48 bits per heavy atom. The van der Waals surface area contributed by atoms with E-state index in [1.165, 1.54) is 17.4 Å². The van der Waals surface area contributed by atoms with Gasteiger partial charge in [0.25, 0.3) is 0 Å². The van der Waals surface area contributed by atoms with Gasteiger partial charge in [-0.3, -0.25) is 0 Å². The molecule has 0 amide bonds. The molecule has 0 saturated carbocycles. The number of aryl methyl sites for hydroxylation is 2. The molecule has 0 aliphatic carbocycles. The van der Waals surface area contributed by atoms with E-state index in [-0.39, 0.29) is 29.6 Å². The Hall–Kier alpha value is -1.63. The largest absolute Gasteiger partial charge is 0.462 e. The van der Waals surface area contributed by atoms with Gasteiger partial charge in [-0.15, -0.1) is 0 Å². The van der Waals surface area contributed by atoms with Crippen molar-refractivity contribution >= 4 is 10.0 Å². The molecule has 0 atom stereocenters. The lowest BCUT2D eigenvalue weighted by Crippen LogP contribution is -2.27. The highest BCUT2D eigenvalue weighted by atomic mass is 32.2. The number of aliphatic hydroxyl groups excluding tert-OH is 1. The first kappa shape index (κ1) is 15.8. The third kappa shape index (κ3) is 3.18. The Morgan fingerprint density at radius 2 is 1.90 bits per heavy atom. The number of benzene rings is 1. The van der Waals surface area contributed by atoms with E-state index < -0.39 is 10.0 Å². The van der Waals surface area contributed by atoms with Gasteiger partial charge in [0.05, 0.1) is 0 Å². The molecule has 0 unspecified atom stereocenters. The van der Waals surface area contributed by atoms with Crippen LogP contribution in [0.25, 0.3) is 0 Å². The van der Waals surface area contributed by atoms with Crippen LogP contribution in [0.4, 0.5) is 0 Å². The van der Waals surface area contributed by atoms with Crippen LogP contribution in [0.15, 0.2) is 39.6 Å². The van der Waals surface area contributed by atoms with Crippen LogP contribution in [0.2, 0.25) is 0 Å². The third-order valence-corrected chi connectivity index (χ3v) is 5.33. The summed E-state index contributed by atoms with van der Waals surface area (Å²) < 4.78 is 31.7. The van der Waals surface area contributed by atoms with Crippen LogP contribution in [0, 0.1) is 13.8 Å². The maximum atomic E-state index is 12.6. The number of sulfonamides is 1. The van der Waals surface area contributed by atoms with E-state index in [4.69, 9.17) is 9.52 Å². The maximum Gasteiger partial charge on any atom is 0.246 e. The van der Waals surface area contributed by atoms with Crippen LogP contribution in [-0.4, -0.2) is 24.9 Å². The van der Waals surface area contributed by atoms with Gasteiger partial charge in [0, 0.05) is 19.7 Å². The number of hydrogen-bond donors (Lipinski definition) is 1. The normalized spacial score (nSPS) is 12.0. The average molecular weight is 309 g/mol. The molecule has 0 bridgehead atoms. The molecule has 0 aliphatic rings. The molecule has 1 aromatic carbocycles. The zero-order valence-corrected chi connectivity index (χ0v) is 13.1. The summed E-state index contributed by atoms with van der Waals surface area (Å²) in [4.78, 5) is 0.0997. The van der Waals surface area contributed by atoms with Crippen LogP contribution in [-0.2, 0) is 23.2 Å². The van der Waals surface area contributed by atoms with Crippen molar-refractivity contribution in [3.05, 3.63) is 53.0 Å². The van der Waals surface area contributed by atoms with Crippen molar-refractivity contribution < 1.29 is 17.9 Å². The highest BCUT2D eigenvalue weighted by Crippen LogP contribution is 2.24. The molecule has 2 aromatic rings. The summed E-state index contributed by atoms with van der Waals surface area (Å²) in [6.45, 7) is 3.49. The first-order chi connectivity index (χ1) is 9.86. The summed E-state index contributed by atoms with van der Waals surface area (Å²) in [6.07, 6.45) is 0. The maximum absolute atomic E-state index is 12.6. The predicted octanol–water partition coefficient (Wildman–Crippen LogP) is 2.21. The lowest BCUT2D eigenvalue weighted by atomic mass is 10.1. The minimum absolute atomic E-state index is 0.0997. The van der Waals surface area contributed by atoms with Crippen molar-refractivity contribution in [2.45, 2.75) is 31.9 Å². The van der Waals surface area contributed by atoms with E-state index >= 15 is 0 Å². The van der Waals surface area contributed by atoms with Gasteiger partial charge in [0.2, 0.25) is 10.0 Å². The number of aliphatic hydroxyl groups is 1. The molecule has 0 fully saturated rings. The monoisotopic (exact) mass is 309 g/mol. The van der Waals surface area contributed by atoms with Gasteiger partial charge in [-0.2, -0.15) is 4.31 Å². The fourth-order valence-corrected chi connectivity index (χ4v) is 3.47. The second-order valence-electron chi connectivity index (χ2n) is 4.98. The molecule has 1 aromatic heterocycles. The van der Waals surface area contributed by atoms with E-state index in [0.717, 1.165) is 11.1 Å². The molecule has 0 saturated heterocycles. The molecule has 6 heteroatoms. The number of furan rings is 1. The van der Waals surface area contributed by atoms with E-state index in [1.54, 1.807) is 6.92 Å². The standard InChI is InChI=1S/C15H19NO4S/c1-11-6-4-5-7-13(11)9-16(3)21(18,19)15-8-14(10-17)20-12(15)2/h4-8,17H,9-10H2,1-3H3. The molecule has 0 spiro atoms. The molecule has 1 heterocycles. The lowest BCUT2D eigenvalue weighted by molar-refractivity contribution is 0.244. The summed E-state index contributed by atoms with van der Waals surface area (Å²) >= 11 is 0. The second-order valence-corrected chi connectivity index (χ2v) is 6.99. The number of rotatable bonds is 5. The van der Waals surface area contributed by atoms with Gasteiger partial charge in [-0.05, 0) is 25.0 Å². The van der Waals surface area contributed by atoms with Gasteiger partial charge in [0.1, 0.15) is 23.0 Å². The van der Waals surface area contributed by atoms with Crippen molar-refractivity contribution in [2.75, 3.05) is 7.05 Å². The average Bonchev–Trinajstić information content (AvgIpc) is 2.83. The molecule has 114 valence electrons. The summed E-state index contributed by atoms with van der Waals surface area (Å²) in [5, 5.41) is 9.05. The highest BCUT2D eigenvalue weighted by Gasteiger charge is 2.26. The summed E-state index contributed by atoms with van der Waals surface area (Å²) in [6, 6.07) is 9.03. The van der Waals surface area contributed by atoms with Crippen LogP contribution >= 0.6 is 0 Å². The van der Waals surface area contributed by atoms with E-state index in [0.29, 0.717) is 0 Å². The van der Waals surface area contributed by atoms with Crippen molar-refractivity contribution in [3.8, 4) is 0 Å². The van der Waals surface area contributed by atoms with Crippen molar-refractivity contribution in [2.24, 2.45) is 0 Å². The second kappa shape index (κ2) is 6.01. The van der Waals surface area contributed by atoms with E-state index in [9.17, 15) is 8.42 Å². The predicted molar refractivity (Wildman–Crippen MR) is 79.2 cm³/mol. The zero-order chi connectivity index (χ0) is 15.6. The Bertz CT molecular complexity index is 734. The lowest BCUT2D eigenvalue weighted by Gasteiger charge is -2.17. The molecule has 5 nitrogen and oxygen atoms in total. The first-order valence-electron chi connectivity index (χ1n) is 6.57. The zero-order valence-electron chi connectivity index (χ0n) is 12.3. The Morgan fingerprint density at radius 1 is 1.24 bits per heavy atom. The number of nitrogens with zero attached hydrogens (tertiary/aromatic N) is 1. The molecular weight excluding hydrogens is 290 g/mol. The summed E-state index contributed by atoms with van der Waals surface area (Å²) in [5.74, 6) is 0.533. The SMILES string of the molecule is Cc1ccccc1CN(C)S(=O)(=O)c1cc(CO)oc1C. The van der Waals surface area contributed by atoms with Gasteiger partial charge < -0.3 is 9.52 Å². The molecule has 21 heavy (non-hydrogen) atoms. The Kier molecular flexibility index (Phi) is 4.51. The smallest absolute Gasteiger partial charge is 0.246 e. The number of hydrogen-bond acceptors (Lipinski definition) is 4. The summed E-state index contributed by atoms with van der Waals surface area (Å²) in [5.41, 5.74) is 1.99. The van der Waals surface area contributed by atoms with Crippen LogP contribution in [0.1, 0.15) is 22.6 Å². The molecule has 0 aliphatic heterocycles. The minimum Gasteiger partial charge on any atom is -0.462 e. The van der Waals surface area contributed by atoms with Gasteiger partial charge in [0.15, 0.2) is 0 Å². The van der Waals surface area contributed by atoms with Crippen LogP contribution < -0.4 is 0 Å². The van der Waals surface area contributed by atoms with Gasteiger partial charge in [-0.25, -0.2) is 8.42 Å². The van der Waals surface area contributed by atoms with Gasteiger partial charge in [-0.1, -0.05) is 24.3 Å². The molecule has 2 rings (SSSR count). The Labute approximate surface area is 124 Å². The van der Waals surface area contributed by atoms with Crippen molar-refractivity contribution in [3.63, 3.8) is 0 Å². The van der Waals surface area contributed by atoms with Crippen molar-refractivity contribution in [1.82, 2.24) is 4.31 Å². The van der Waals surface area contributed by atoms with E-state index in [1.807, 2.05) is 31.2 Å².